The van der Waals surface area contributed by atoms with Crippen molar-refractivity contribution < 1.29 is 17.9 Å². The summed E-state index contributed by atoms with van der Waals surface area (Å²) in [6, 6.07) is 18.2. The molecule has 1 fully saturated rings. The summed E-state index contributed by atoms with van der Waals surface area (Å²) < 4.78 is 34.8. The standard InChI is InChI=1S/C23H22N4O4S/c1-27-16-6-10-21(27)26-32(29,30)19-13-11-17(12-14-19)25-22(28)20-9-5-15-24-23(20)31-18-7-3-2-4-8-18/h2-5,7-9,11-15H,6,10,16H2,1H3,(H,25,28)/b26-21+. The van der Waals surface area contributed by atoms with Crippen LogP contribution in [0.25, 0.3) is 0 Å². The van der Waals surface area contributed by atoms with Crippen LogP contribution in [0.3, 0.4) is 0 Å². The highest BCUT2D eigenvalue weighted by Crippen LogP contribution is 2.24. The van der Waals surface area contributed by atoms with Crippen LogP contribution in [0.15, 0.2) is 82.2 Å². The predicted molar refractivity (Wildman–Crippen MR) is 122 cm³/mol. The molecule has 4 rings (SSSR count). The minimum atomic E-state index is -3.81. The fraction of sp³-hybridized carbons (Fsp3) is 0.174. The number of nitrogens with zero attached hydrogens (tertiary/aromatic N) is 3. The largest absolute Gasteiger partial charge is 0.438 e. The summed E-state index contributed by atoms with van der Waals surface area (Å²) in [6.07, 6.45) is 3.07. The third-order valence-corrected chi connectivity index (χ3v) is 6.26. The number of pyridine rings is 1. The maximum absolute atomic E-state index is 12.8. The van der Waals surface area contributed by atoms with E-state index in [0.29, 0.717) is 23.7 Å². The molecule has 0 saturated carbocycles. The lowest BCUT2D eigenvalue weighted by Gasteiger charge is -2.11. The predicted octanol–water partition coefficient (Wildman–Crippen LogP) is 3.94. The maximum atomic E-state index is 12.8. The van der Waals surface area contributed by atoms with E-state index in [2.05, 4.69) is 14.7 Å². The molecule has 0 aliphatic carbocycles. The van der Waals surface area contributed by atoms with Gasteiger partial charge in [-0.25, -0.2) is 4.98 Å². The molecule has 164 valence electrons. The van der Waals surface area contributed by atoms with Crippen LogP contribution in [0, 0.1) is 0 Å². The fourth-order valence-corrected chi connectivity index (χ4v) is 4.35. The van der Waals surface area contributed by atoms with E-state index in [1.54, 1.807) is 24.3 Å². The number of anilines is 1. The first-order chi connectivity index (χ1) is 15.4. The number of amides is 1. The van der Waals surface area contributed by atoms with Gasteiger partial charge in [0, 0.05) is 31.9 Å². The molecule has 0 atom stereocenters. The highest BCUT2D eigenvalue weighted by Gasteiger charge is 2.20. The first kappa shape index (κ1) is 21.5. The van der Waals surface area contributed by atoms with E-state index in [1.165, 1.54) is 30.5 Å². The number of sulfonamides is 1. The summed E-state index contributed by atoms with van der Waals surface area (Å²) in [5.41, 5.74) is 0.692. The van der Waals surface area contributed by atoms with Crippen LogP contribution in [-0.4, -0.2) is 43.6 Å². The van der Waals surface area contributed by atoms with Crippen LogP contribution in [0.5, 0.6) is 11.6 Å². The third kappa shape index (κ3) is 4.94. The van der Waals surface area contributed by atoms with Crippen molar-refractivity contribution in [2.75, 3.05) is 18.9 Å². The van der Waals surface area contributed by atoms with Crippen molar-refractivity contribution in [2.24, 2.45) is 4.40 Å². The van der Waals surface area contributed by atoms with E-state index in [0.717, 1.165) is 13.0 Å². The van der Waals surface area contributed by atoms with E-state index in [1.807, 2.05) is 30.1 Å². The van der Waals surface area contributed by atoms with Crippen LogP contribution in [0.1, 0.15) is 23.2 Å². The Balaban J connectivity index is 1.49. The lowest BCUT2D eigenvalue weighted by atomic mass is 10.2. The molecular formula is C23H22N4O4S. The molecule has 0 unspecified atom stereocenters. The molecular weight excluding hydrogens is 428 g/mol. The number of likely N-dealkylation sites (tertiary alicyclic amines) is 1. The van der Waals surface area contributed by atoms with Crippen molar-refractivity contribution in [3.8, 4) is 11.6 Å². The second-order valence-corrected chi connectivity index (χ2v) is 8.86. The average Bonchev–Trinajstić information content (AvgIpc) is 3.19. The van der Waals surface area contributed by atoms with Crippen LogP contribution >= 0.6 is 0 Å². The third-order valence-electron chi connectivity index (χ3n) is 4.94. The number of benzene rings is 2. The van der Waals surface area contributed by atoms with E-state index >= 15 is 0 Å². The van der Waals surface area contributed by atoms with Crippen molar-refractivity contribution in [2.45, 2.75) is 17.7 Å². The zero-order valence-corrected chi connectivity index (χ0v) is 18.2. The van der Waals surface area contributed by atoms with Gasteiger partial charge in [-0.1, -0.05) is 18.2 Å². The van der Waals surface area contributed by atoms with Gasteiger partial charge in [-0.05, 0) is 55.0 Å². The van der Waals surface area contributed by atoms with E-state index in [-0.39, 0.29) is 16.3 Å². The van der Waals surface area contributed by atoms with Gasteiger partial charge in [0.2, 0.25) is 5.88 Å². The Bertz CT molecular complexity index is 1240. The first-order valence-electron chi connectivity index (χ1n) is 10.1. The molecule has 0 bridgehead atoms. The zero-order chi connectivity index (χ0) is 22.6. The summed E-state index contributed by atoms with van der Waals surface area (Å²) in [4.78, 5) is 18.9. The number of carbonyl (C=O) groups is 1. The molecule has 9 heteroatoms. The smallest absolute Gasteiger partial charge is 0.283 e. The Morgan fingerprint density at radius 1 is 1.06 bits per heavy atom. The normalized spacial score (nSPS) is 15.0. The minimum absolute atomic E-state index is 0.0674. The summed E-state index contributed by atoms with van der Waals surface area (Å²) in [5, 5.41) is 2.75. The second-order valence-electron chi connectivity index (χ2n) is 7.26. The molecule has 1 aliphatic heterocycles. The van der Waals surface area contributed by atoms with Gasteiger partial charge >= 0.3 is 0 Å². The van der Waals surface area contributed by atoms with E-state index < -0.39 is 15.9 Å². The zero-order valence-electron chi connectivity index (χ0n) is 17.4. The van der Waals surface area contributed by atoms with Gasteiger partial charge in [-0.15, -0.1) is 4.40 Å². The molecule has 32 heavy (non-hydrogen) atoms. The number of hydrogen-bond acceptors (Lipinski definition) is 5. The number of ether oxygens (including phenoxy) is 1. The molecule has 1 saturated heterocycles. The number of hydrogen-bond donors (Lipinski definition) is 1. The molecule has 2 aromatic carbocycles. The van der Waals surface area contributed by atoms with Crippen LogP contribution in [0.4, 0.5) is 5.69 Å². The molecule has 3 aromatic rings. The second kappa shape index (κ2) is 9.19. The van der Waals surface area contributed by atoms with Gasteiger partial charge in [0.1, 0.15) is 17.1 Å². The van der Waals surface area contributed by atoms with Crippen molar-refractivity contribution >= 4 is 27.5 Å². The Kier molecular flexibility index (Phi) is 6.18. The lowest BCUT2D eigenvalue weighted by molar-refractivity contribution is 0.102. The quantitative estimate of drug-likeness (QED) is 0.611. The van der Waals surface area contributed by atoms with Gasteiger partial charge in [0.25, 0.3) is 15.9 Å². The highest BCUT2D eigenvalue weighted by molar-refractivity contribution is 7.90. The fourth-order valence-electron chi connectivity index (χ4n) is 3.25. The molecule has 0 radical (unpaired) electrons. The monoisotopic (exact) mass is 450 g/mol. The molecule has 2 heterocycles. The number of para-hydroxylation sites is 1. The molecule has 0 spiro atoms. The highest BCUT2D eigenvalue weighted by atomic mass is 32.2. The Morgan fingerprint density at radius 2 is 1.81 bits per heavy atom. The minimum Gasteiger partial charge on any atom is -0.438 e. The van der Waals surface area contributed by atoms with Crippen molar-refractivity contribution in [1.82, 2.24) is 9.88 Å². The number of nitrogens with one attached hydrogen (secondary N) is 1. The summed E-state index contributed by atoms with van der Waals surface area (Å²) in [7, 11) is -1.98. The SMILES string of the molecule is CN1CCC/C1=N\S(=O)(=O)c1ccc(NC(=O)c2cccnc2Oc2ccccc2)cc1. The lowest BCUT2D eigenvalue weighted by Crippen LogP contribution is -2.20. The van der Waals surface area contributed by atoms with Gasteiger partial charge in [-0.2, -0.15) is 8.42 Å². The molecule has 1 N–H and O–H groups in total. The van der Waals surface area contributed by atoms with Crippen LogP contribution in [0.2, 0.25) is 0 Å². The average molecular weight is 451 g/mol. The molecule has 1 amide bonds. The summed E-state index contributed by atoms with van der Waals surface area (Å²) in [5.74, 6) is 0.869. The number of rotatable bonds is 6. The van der Waals surface area contributed by atoms with Crippen molar-refractivity contribution in [1.29, 1.82) is 0 Å². The van der Waals surface area contributed by atoms with Gasteiger partial charge in [0.15, 0.2) is 0 Å². The number of aromatic nitrogens is 1. The number of carbonyl (C=O) groups excluding carboxylic acids is 1. The molecule has 1 aromatic heterocycles. The molecule has 1 aliphatic rings. The maximum Gasteiger partial charge on any atom is 0.283 e. The Morgan fingerprint density at radius 3 is 2.50 bits per heavy atom. The Hall–Kier alpha value is -3.72. The van der Waals surface area contributed by atoms with Gasteiger partial charge in [0.05, 0.1) is 4.90 Å². The van der Waals surface area contributed by atoms with Crippen LogP contribution in [-0.2, 0) is 10.0 Å². The topological polar surface area (TPSA) is 101 Å². The van der Waals surface area contributed by atoms with E-state index in [9.17, 15) is 13.2 Å². The molecule has 8 nitrogen and oxygen atoms in total. The van der Waals surface area contributed by atoms with Gasteiger partial charge in [-0.3, -0.25) is 4.79 Å². The Labute approximate surface area is 186 Å². The van der Waals surface area contributed by atoms with Crippen LogP contribution < -0.4 is 10.1 Å². The van der Waals surface area contributed by atoms with Gasteiger partial charge < -0.3 is 15.0 Å². The summed E-state index contributed by atoms with van der Waals surface area (Å²) in [6.45, 7) is 0.795. The first-order valence-corrected chi connectivity index (χ1v) is 11.5. The van der Waals surface area contributed by atoms with E-state index in [4.69, 9.17) is 4.74 Å². The van der Waals surface area contributed by atoms with Crippen molar-refractivity contribution in [3.63, 3.8) is 0 Å². The van der Waals surface area contributed by atoms with Crippen molar-refractivity contribution in [3.05, 3.63) is 78.5 Å². The number of amidine groups is 1. The summed E-state index contributed by atoms with van der Waals surface area (Å²) >= 11 is 0.